The molecule has 1 N–H and O–H groups in total. The molecule has 4 rings (SSSR count). The second-order valence-electron chi connectivity index (χ2n) is 6.51. The maximum Gasteiger partial charge on any atom is 0.231 e. The SMILES string of the molecule is C[C@@H]1CNC[C@H]1c1nc(C2CC3CCC2C3)no1. The molecule has 18 heavy (non-hydrogen) atoms. The van der Waals surface area contributed by atoms with Crippen LogP contribution < -0.4 is 5.32 Å². The third kappa shape index (κ3) is 1.62. The Labute approximate surface area is 108 Å². The van der Waals surface area contributed by atoms with Gasteiger partial charge in [-0.05, 0) is 43.6 Å². The van der Waals surface area contributed by atoms with Gasteiger partial charge in [0.15, 0.2) is 5.82 Å². The standard InChI is InChI=1S/C14H21N3O/c1-8-6-15-7-12(8)14-16-13(17-18-14)11-5-9-2-3-10(11)4-9/h8-12,15H,2-7H2,1H3/t8-,9?,10?,11?,12-/m1/s1. The van der Waals surface area contributed by atoms with Gasteiger partial charge < -0.3 is 9.84 Å². The van der Waals surface area contributed by atoms with Crippen LogP contribution in [0.1, 0.15) is 56.2 Å². The predicted molar refractivity (Wildman–Crippen MR) is 67.3 cm³/mol. The lowest BCUT2D eigenvalue weighted by atomic mass is 9.88. The van der Waals surface area contributed by atoms with Gasteiger partial charge in [-0.15, -0.1) is 0 Å². The molecule has 2 aliphatic carbocycles. The van der Waals surface area contributed by atoms with Gasteiger partial charge in [0, 0.05) is 12.5 Å². The average Bonchev–Trinajstić information content (AvgIpc) is 3.12. The second kappa shape index (κ2) is 4.05. The molecular formula is C14H21N3O. The van der Waals surface area contributed by atoms with Crippen LogP contribution in [0.3, 0.4) is 0 Å². The number of nitrogens with one attached hydrogen (secondary N) is 1. The Morgan fingerprint density at radius 2 is 2.11 bits per heavy atom. The summed E-state index contributed by atoms with van der Waals surface area (Å²) in [5.74, 6) is 5.25. The second-order valence-corrected chi connectivity index (χ2v) is 6.51. The highest BCUT2D eigenvalue weighted by atomic mass is 16.5. The summed E-state index contributed by atoms with van der Waals surface area (Å²) in [6.07, 6.45) is 5.49. The largest absolute Gasteiger partial charge is 0.339 e. The molecule has 3 unspecified atom stereocenters. The Balaban J connectivity index is 1.55. The summed E-state index contributed by atoms with van der Waals surface area (Å²) in [7, 11) is 0. The molecule has 3 aliphatic rings. The van der Waals surface area contributed by atoms with E-state index in [1.54, 1.807) is 0 Å². The van der Waals surface area contributed by atoms with Crippen LogP contribution in [0, 0.1) is 17.8 Å². The Bertz CT molecular complexity index is 444. The molecule has 1 saturated heterocycles. The molecule has 0 spiro atoms. The fourth-order valence-corrected chi connectivity index (χ4v) is 4.25. The number of nitrogens with zero attached hydrogens (tertiary/aromatic N) is 2. The van der Waals surface area contributed by atoms with Gasteiger partial charge in [0.05, 0.1) is 5.92 Å². The minimum Gasteiger partial charge on any atom is -0.339 e. The molecule has 1 aromatic rings. The molecule has 98 valence electrons. The quantitative estimate of drug-likeness (QED) is 0.871. The van der Waals surface area contributed by atoms with E-state index in [0.29, 0.717) is 17.8 Å². The van der Waals surface area contributed by atoms with Crippen LogP contribution in [0.15, 0.2) is 4.52 Å². The molecule has 4 heteroatoms. The molecule has 3 fully saturated rings. The van der Waals surface area contributed by atoms with Crippen LogP contribution >= 0.6 is 0 Å². The molecule has 1 aliphatic heterocycles. The number of hydrogen-bond acceptors (Lipinski definition) is 4. The van der Waals surface area contributed by atoms with Gasteiger partial charge in [0.25, 0.3) is 0 Å². The number of rotatable bonds is 2. The predicted octanol–water partition coefficient (Wildman–Crippen LogP) is 2.30. The first-order valence-corrected chi connectivity index (χ1v) is 7.35. The van der Waals surface area contributed by atoms with Crippen LogP contribution in [0.5, 0.6) is 0 Å². The zero-order chi connectivity index (χ0) is 12.1. The van der Waals surface area contributed by atoms with Crippen LogP contribution in [0.25, 0.3) is 0 Å². The monoisotopic (exact) mass is 247 g/mol. The summed E-state index contributed by atoms with van der Waals surface area (Å²) in [5.41, 5.74) is 0. The zero-order valence-electron chi connectivity index (χ0n) is 10.9. The van der Waals surface area contributed by atoms with E-state index >= 15 is 0 Å². The van der Waals surface area contributed by atoms with Crippen LogP contribution in [-0.4, -0.2) is 23.2 Å². The van der Waals surface area contributed by atoms with Crippen molar-refractivity contribution >= 4 is 0 Å². The van der Waals surface area contributed by atoms with Gasteiger partial charge >= 0.3 is 0 Å². The lowest BCUT2D eigenvalue weighted by Crippen LogP contribution is -2.11. The maximum atomic E-state index is 5.54. The minimum absolute atomic E-state index is 0.421. The van der Waals surface area contributed by atoms with E-state index in [9.17, 15) is 0 Å². The number of hydrogen-bond donors (Lipinski definition) is 1. The van der Waals surface area contributed by atoms with Crippen molar-refractivity contribution in [2.45, 2.75) is 44.4 Å². The summed E-state index contributed by atoms with van der Waals surface area (Å²) in [4.78, 5) is 4.73. The zero-order valence-corrected chi connectivity index (χ0v) is 10.9. The molecule has 2 bridgehead atoms. The van der Waals surface area contributed by atoms with Crippen LogP contribution in [-0.2, 0) is 0 Å². The van der Waals surface area contributed by atoms with E-state index in [-0.39, 0.29) is 0 Å². The molecule has 4 nitrogen and oxygen atoms in total. The first-order chi connectivity index (χ1) is 8.81. The number of aromatic nitrogens is 2. The molecular weight excluding hydrogens is 226 g/mol. The Morgan fingerprint density at radius 3 is 2.78 bits per heavy atom. The molecule has 1 aromatic heterocycles. The fourth-order valence-electron chi connectivity index (χ4n) is 4.25. The lowest BCUT2D eigenvalue weighted by Gasteiger charge is -2.17. The lowest BCUT2D eigenvalue weighted by molar-refractivity contribution is 0.327. The first-order valence-electron chi connectivity index (χ1n) is 7.35. The Hall–Kier alpha value is -0.900. The highest BCUT2D eigenvalue weighted by Gasteiger charge is 2.42. The van der Waals surface area contributed by atoms with E-state index in [4.69, 9.17) is 9.51 Å². The van der Waals surface area contributed by atoms with Crippen molar-refractivity contribution in [3.8, 4) is 0 Å². The van der Waals surface area contributed by atoms with Gasteiger partial charge in [-0.1, -0.05) is 18.5 Å². The summed E-state index contributed by atoms with van der Waals surface area (Å²) < 4.78 is 5.54. The number of fused-ring (bicyclic) bond motifs is 2. The van der Waals surface area contributed by atoms with E-state index in [1.807, 2.05) is 0 Å². The smallest absolute Gasteiger partial charge is 0.231 e. The fraction of sp³-hybridized carbons (Fsp3) is 0.857. The third-order valence-electron chi connectivity index (χ3n) is 5.36. The van der Waals surface area contributed by atoms with Gasteiger partial charge in [-0.2, -0.15) is 4.98 Å². The molecule has 2 heterocycles. The highest BCUT2D eigenvalue weighted by molar-refractivity contribution is 5.09. The first kappa shape index (κ1) is 11.0. The van der Waals surface area contributed by atoms with E-state index in [0.717, 1.165) is 36.6 Å². The van der Waals surface area contributed by atoms with E-state index < -0.39 is 0 Å². The van der Waals surface area contributed by atoms with Crippen molar-refractivity contribution in [2.75, 3.05) is 13.1 Å². The third-order valence-corrected chi connectivity index (χ3v) is 5.36. The van der Waals surface area contributed by atoms with Crippen molar-refractivity contribution in [1.29, 1.82) is 0 Å². The van der Waals surface area contributed by atoms with Crippen molar-refractivity contribution in [3.05, 3.63) is 11.7 Å². The van der Waals surface area contributed by atoms with E-state index in [2.05, 4.69) is 17.4 Å². The van der Waals surface area contributed by atoms with Crippen molar-refractivity contribution in [1.82, 2.24) is 15.5 Å². The average molecular weight is 247 g/mol. The minimum atomic E-state index is 0.421. The topological polar surface area (TPSA) is 51.0 Å². The summed E-state index contributed by atoms with van der Waals surface area (Å²) >= 11 is 0. The van der Waals surface area contributed by atoms with Crippen LogP contribution in [0.2, 0.25) is 0 Å². The van der Waals surface area contributed by atoms with Crippen LogP contribution in [0.4, 0.5) is 0 Å². The van der Waals surface area contributed by atoms with E-state index in [1.165, 1.54) is 25.7 Å². The maximum absolute atomic E-state index is 5.54. The molecule has 5 atom stereocenters. The molecule has 0 aromatic carbocycles. The van der Waals surface area contributed by atoms with Gasteiger partial charge in [0.2, 0.25) is 5.89 Å². The van der Waals surface area contributed by atoms with Gasteiger partial charge in [0.1, 0.15) is 0 Å². The highest BCUT2D eigenvalue weighted by Crippen LogP contribution is 2.52. The Kier molecular flexibility index (Phi) is 2.47. The molecule has 0 radical (unpaired) electrons. The van der Waals surface area contributed by atoms with Crippen molar-refractivity contribution < 1.29 is 4.52 Å². The Morgan fingerprint density at radius 1 is 1.17 bits per heavy atom. The molecule has 2 saturated carbocycles. The van der Waals surface area contributed by atoms with Crippen molar-refractivity contribution in [2.24, 2.45) is 17.8 Å². The van der Waals surface area contributed by atoms with Crippen molar-refractivity contribution in [3.63, 3.8) is 0 Å². The normalized spacial score (nSPS) is 42.8. The summed E-state index contributed by atoms with van der Waals surface area (Å²) in [6, 6.07) is 0. The summed E-state index contributed by atoms with van der Waals surface area (Å²) in [6.45, 7) is 4.31. The van der Waals surface area contributed by atoms with Gasteiger partial charge in [-0.25, -0.2) is 0 Å². The van der Waals surface area contributed by atoms with Gasteiger partial charge in [-0.3, -0.25) is 0 Å². The summed E-state index contributed by atoms with van der Waals surface area (Å²) in [5, 5.41) is 7.68. The molecule has 0 amide bonds.